The van der Waals surface area contributed by atoms with Crippen LogP contribution in [0.15, 0.2) is 29.4 Å². The van der Waals surface area contributed by atoms with Crippen LogP contribution in [0.5, 0.6) is 0 Å². The molecule has 31 heavy (non-hydrogen) atoms. The van der Waals surface area contributed by atoms with E-state index in [0.29, 0.717) is 6.54 Å². The Morgan fingerprint density at radius 3 is 2.81 bits per heavy atom. The van der Waals surface area contributed by atoms with Crippen molar-refractivity contribution in [3.63, 3.8) is 0 Å². The smallest absolute Gasteiger partial charge is 0.251 e. The maximum Gasteiger partial charge on any atom is 0.251 e. The number of hydrogen-bond acceptors (Lipinski definition) is 7. The van der Waals surface area contributed by atoms with Crippen molar-refractivity contribution in [1.82, 2.24) is 15.3 Å². The fourth-order valence-corrected chi connectivity index (χ4v) is 4.79. The van der Waals surface area contributed by atoms with Crippen molar-refractivity contribution >= 4 is 23.2 Å². The second-order valence-corrected chi connectivity index (χ2v) is 8.95. The van der Waals surface area contributed by atoms with Gasteiger partial charge in [-0.2, -0.15) is 0 Å². The number of nitrogens with zero attached hydrogens (tertiary/aromatic N) is 5. The van der Waals surface area contributed by atoms with Gasteiger partial charge in [0.2, 0.25) is 0 Å². The predicted molar refractivity (Wildman–Crippen MR) is 122 cm³/mol. The van der Waals surface area contributed by atoms with Gasteiger partial charge in [0.15, 0.2) is 5.84 Å². The molecule has 0 unspecified atom stereocenters. The van der Waals surface area contributed by atoms with Gasteiger partial charge in [-0.3, -0.25) is 9.79 Å². The molecule has 1 saturated heterocycles. The number of amides is 1. The fourth-order valence-electron chi connectivity index (χ4n) is 4.79. The summed E-state index contributed by atoms with van der Waals surface area (Å²) in [5, 5.41) is 2.74. The van der Waals surface area contributed by atoms with Crippen LogP contribution in [0.25, 0.3) is 0 Å². The molecule has 1 aromatic heterocycles. The fraction of sp³-hybridized carbons (Fsp3) is 0.478. The average molecular weight is 420 g/mol. The van der Waals surface area contributed by atoms with Crippen LogP contribution in [0.3, 0.4) is 0 Å². The number of anilines is 2. The normalized spacial score (nSPS) is 19.1. The maximum atomic E-state index is 12.3. The van der Waals surface area contributed by atoms with Crippen LogP contribution in [0.4, 0.5) is 11.5 Å². The molecule has 2 aromatic rings. The summed E-state index contributed by atoms with van der Waals surface area (Å²) in [4.78, 5) is 31.2. The number of fused-ring (bicyclic) bond motifs is 2. The summed E-state index contributed by atoms with van der Waals surface area (Å²) in [7, 11) is 1.66. The third-order valence-corrected chi connectivity index (χ3v) is 6.96. The maximum absolute atomic E-state index is 12.3. The molecule has 0 spiro atoms. The highest BCUT2D eigenvalue weighted by molar-refractivity contribution is 6.12. The average Bonchev–Trinajstić information content (AvgIpc) is 3.42. The zero-order valence-corrected chi connectivity index (χ0v) is 18.2. The van der Waals surface area contributed by atoms with E-state index in [0.717, 1.165) is 85.3 Å². The van der Waals surface area contributed by atoms with Gasteiger partial charge in [-0.1, -0.05) is 13.0 Å². The van der Waals surface area contributed by atoms with Crippen LogP contribution in [-0.4, -0.2) is 54.9 Å². The molecule has 0 bridgehead atoms. The van der Waals surface area contributed by atoms with Crippen LogP contribution in [0.2, 0.25) is 0 Å². The van der Waals surface area contributed by atoms with E-state index >= 15 is 0 Å². The van der Waals surface area contributed by atoms with Crippen molar-refractivity contribution in [1.29, 1.82) is 0 Å². The zero-order valence-electron chi connectivity index (χ0n) is 18.2. The molecular formula is C23H29N7O. The van der Waals surface area contributed by atoms with Gasteiger partial charge in [0.25, 0.3) is 5.91 Å². The van der Waals surface area contributed by atoms with Gasteiger partial charge < -0.3 is 20.9 Å². The number of nitrogens with two attached hydrogens (primary N) is 1. The lowest BCUT2D eigenvalue weighted by Crippen LogP contribution is -2.42. The summed E-state index contributed by atoms with van der Waals surface area (Å²) < 4.78 is 0. The third-order valence-electron chi connectivity index (χ3n) is 6.96. The Hall–Kier alpha value is -3.00. The lowest BCUT2D eigenvalue weighted by atomic mass is 9.80. The van der Waals surface area contributed by atoms with Crippen LogP contribution >= 0.6 is 0 Å². The second kappa shape index (κ2) is 7.60. The molecule has 0 saturated carbocycles. The minimum absolute atomic E-state index is 0.0517. The van der Waals surface area contributed by atoms with Crippen molar-refractivity contribution in [2.45, 2.75) is 32.7 Å². The molecule has 8 heteroatoms. The molecule has 1 amide bonds. The summed E-state index contributed by atoms with van der Waals surface area (Å²) >= 11 is 0. The standard InChI is InChI=1S/C23H29N7O/c1-23(14-24)7-10-29(11-8-23)19-13-26-20-17(28-19)12-27-21(20)30-9-6-15-16(22(31)25-2)4-3-5-18(15)30/h3-5,13H,6-12,14,24H2,1-2H3,(H,25,31). The van der Waals surface area contributed by atoms with Crippen molar-refractivity contribution in [2.75, 3.05) is 43.0 Å². The van der Waals surface area contributed by atoms with Gasteiger partial charge in [0.1, 0.15) is 11.5 Å². The van der Waals surface area contributed by atoms with Crippen LogP contribution in [0.1, 0.15) is 47.1 Å². The number of aliphatic imine (C=N–C) groups is 1. The van der Waals surface area contributed by atoms with Gasteiger partial charge in [0.05, 0.1) is 18.4 Å². The van der Waals surface area contributed by atoms with Gasteiger partial charge in [0, 0.05) is 37.9 Å². The molecule has 1 fully saturated rings. The third kappa shape index (κ3) is 3.35. The number of hydrogen-bond donors (Lipinski definition) is 2. The summed E-state index contributed by atoms with van der Waals surface area (Å²) in [6.45, 7) is 6.23. The van der Waals surface area contributed by atoms with Crippen molar-refractivity contribution in [3.8, 4) is 0 Å². The molecule has 8 nitrogen and oxygen atoms in total. The SMILES string of the molecule is CNC(=O)c1cccc2c1CCN2C1=NCc2nc(N3CCC(C)(CN)CC3)cnc21. The topological polar surface area (TPSA) is 99.7 Å². The number of carbonyl (C=O) groups is 1. The highest BCUT2D eigenvalue weighted by Gasteiger charge is 2.33. The zero-order chi connectivity index (χ0) is 21.6. The largest absolute Gasteiger partial charge is 0.355 e. The van der Waals surface area contributed by atoms with Crippen LogP contribution < -0.4 is 20.9 Å². The van der Waals surface area contributed by atoms with E-state index < -0.39 is 0 Å². The lowest BCUT2D eigenvalue weighted by molar-refractivity contribution is 0.0962. The number of carbonyl (C=O) groups excluding carboxylic acids is 1. The monoisotopic (exact) mass is 419 g/mol. The number of benzene rings is 1. The second-order valence-electron chi connectivity index (χ2n) is 8.95. The van der Waals surface area contributed by atoms with E-state index in [9.17, 15) is 4.79 Å². The molecule has 0 aliphatic carbocycles. The van der Waals surface area contributed by atoms with Gasteiger partial charge >= 0.3 is 0 Å². The van der Waals surface area contributed by atoms with Crippen LogP contribution in [0, 0.1) is 5.41 Å². The first kappa shape index (κ1) is 19.9. The Morgan fingerprint density at radius 1 is 1.26 bits per heavy atom. The molecule has 162 valence electrons. The predicted octanol–water partition coefficient (Wildman–Crippen LogP) is 1.72. The molecule has 3 aliphatic rings. The first-order valence-corrected chi connectivity index (χ1v) is 11.0. The Labute approximate surface area is 182 Å². The highest BCUT2D eigenvalue weighted by Crippen LogP contribution is 2.35. The summed E-state index contributed by atoms with van der Waals surface area (Å²) in [5.74, 6) is 1.73. The molecule has 4 heterocycles. The van der Waals surface area contributed by atoms with E-state index in [-0.39, 0.29) is 11.3 Å². The van der Waals surface area contributed by atoms with E-state index in [4.69, 9.17) is 20.7 Å². The van der Waals surface area contributed by atoms with Crippen molar-refractivity contribution in [3.05, 3.63) is 46.9 Å². The highest BCUT2D eigenvalue weighted by atomic mass is 16.1. The molecule has 0 radical (unpaired) electrons. The van der Waals surface area contributed by atoms with E-state index in [1.807, 2.05) is 18.3 Å². The molecule has 5 rings (SSSR count). The quantitative estimate of drug-likeness (QED) is 0.786. The Kier molecular flexibility index (Phi) is 4.89. The van der Waals surface area contributed by atoms with Gasteiger partial charge in [-0.15, -0.1) is 0 Å². The number of nitrogens with one attached hydrogen (secondary N) is 1. The summed E-state index contributed by atoms with van der Waals surface area (Å²) in [6, 6.07) is 5.86. The van der Waals surface area contributed by atoms with E-state index in [1.54, 1.807) is 7.05 Å². The van der Waals surface area contributed by atoms with Gasteiger partial charge in [-0.25, -0.2) is 9.97 Å². The molecular weight excluding hydrogens is 390 g/mol. The first-order chi connectivity index (χ1) is 15.0. The van der Waals surface area contributed by atoms with E-state index in [1.165, 1.54) is 0 Å². The number of piperidine rings is 1. The molecule has 3 N–H and O–H groups in total. The minimum atomic E-state index is -0.0517. The number of aromatic nitrogens is 2. The number of amidine groups is 1. The molecule has 0 atom stereocenters. The van der Waals surface area contributed by atoms with Crippen molar-refractivity contribution < 1.29 is 4.79 Å². The van der Waals surface area contributed by atoms with Crippen LogP contribution in [-0.2, 0) is 13.0 Å². The summed E-state index contributed by atoms with van der Waals surface area (Å²) in [6.07, 6.45) is 4.83. The van der Waals surface area contributed by atoms with E-state index in [2.05, 4.69) is 28.1 Å². The molecule has 3 aliphatic heterocycles. The number of rotatable bonds is 3. The minimum Gasteiger partial charge on any atom is -0.355 e. The Morgan fingerprint density at radius 2 is 2.06 bits per heavy atom. The molecule has 1 aromatic carbocycles. The lowest BCUT2D eigenvalue weighted by Gasteiger charge is -2.39. The Balaban J connectivity index is 1.38. The summed E-state index contributed by atoms with van der Waals surface area (Å²) in [5.41, 5.74) is 10.8. The van der Waals surface area contributed by atoms with Gasteiger partial charge in [-0.05, 0) is 48.9 Å². The Bertz CT molecular complexity index is 1060. The van der Waals surface area contributed by atoms with Crippen molar-refractivity contribution in [2.24, 2.45) is 16.1 Å². The first-order valence-electron chi connectivity index (χ1n) is 11.0.